The molecule has 0 heterocycles. The third-order valence-corrected chi connectivity index (χ3v) is 6.17. The second kappa shape index (κ2) is 17.7. The molecule has 1 N–H and O–H groups in total. The SMILES string of the molecule is CCC(C)OC(=O)C(C)C(=O)O.CCOC(=O)C(C)(CCc1ccccc1OCc1ccccc1)C(=O)OCC. The monoisotopic (exact) mass is 558 g/mol. The Morgan fingerprint density at radius 1 is 0.850 bits per heavy atom. The number of carboxylic acids is 1. The molecular weight excluding hydrogens is 516 g/mol. The van der Waals surface area contributed by atoms with Crippen LogP contribution in [0.2, 0.25) is 0 Å². The summed E-state index contributed by atoms with van der Waals surface area (Å²) in [6.07, 6.45) is 1.24. The quantitative estimate of drug-likeness (QED) is 0.185. The number of hydrogen-bond acceptors (Lipinski definition) is 8. The minimum absolute atomic E-state index is 0.209. The molecule has 0 radical (unpaired) electrons. The Morgan fingerprint density at radius 3 is 1.93 bits per heavy atom. The van der Waals surface area contributed by atoms with Gasteiger partial charge in [-0.1, -0.05) is 55.5 Å². The molecule has 2 unspecified atom stereocenters. The van der Waals surface area contributed by atoms with Crippen LogP contribution >= 0.6 is 0 Å². The van der Waals surface area contributed by atoms with Crippen molar-refractivity contribution in [3.8, 4) is 5.75 Å². The van der Waals surface area contributed by atoms with E-state index in [0.717, 1.165) is 16.9 Å². The van der Waals surface area contributed by atoms with Gasteiger partial charge in [0.15, 0.2) is 11.3 Å². The van der Waals surface area contributed by atoms with E-state index in [4.69, 9.17) is 24.1 Å². The first-order valence-electron chi connectivity index (χ1n) is 13.5. The molecule has 0 aliphatic heterocycles. The molecule has 2 atom stereocenters. The molecular formula is C31H42O9. The van der Waals surface area contributed by atoms with Crippen LogP contribution in [0.3, 0.4) is 0 Å². The predicted molar refractivity (Wildman–Crippen MR) is 150 cm³/mol. The van der Waals surface area contributed by atoms with Gasteiger partial charge in [0.25, 0.3) is 0 Å². The second-order valence-corrected chi connectivity index (χ2v) is 9.37. The lowest BCUT2D eigenvalue weighted by Crippen LogP contribution is -2.40. The number of rotatable bonds is 14. The molecule has 0 saturated heterocycles. The van der Waals surface area contributed by atoms with Crippen LogP contribution in [-0.4, -0.2) is 48.3 Å². The highest BCUT2D eigenvalue weighted by Crippen LogP contribution is 2.30. The summed E-state index contributed by atoms with van der Waals surface area (Å²) in [6, 6.07) is 17.5. The van der Waals surface area contributed by atoms with Gasteiger partial charge >= 0.3 is 23.9 Å². The molecule has 220 valence electrons. The molecule has 0 amide bonds. The standard InChI is InChI=1S/C23H28O5.C8H14O4/c1-4-26-21(24)23(3,22(25)27-5-2)16-15-19-13-9-10-14-20(19)28-17-18-11-7-6-8-12-18;1-4-5(2)12-8(11)6(3)7(9)10/h6-14H,4-5,15-17H2,1-3H3;5-6H,4H2,1-3H3,(H,9,10). The van der Waals surface area contributed by atoms with Crippen LogP contribution in [0.1, 0.15) is 65.5 Å². The third-order valence-electron chi connectivity index (χ3n) is 6.17. The summed E-state index contributed by atoms with van der Waals surface area (Å²) in [7, 11) is 0. The Hall–Kier alpha value is -3.88. The van der Waals surface area contributed by atoms with Crippen LogP contribution in [0, 0.1) is 11.3 Å². The van der Waals surface area contributed by atoms with E-state index in [1.165, 1.54) is 6.92 Å². The van der Waals surface area contributed by atoms with Gasteiger partial charge < -0.3 is 24.1 Å². The highest BCUT2D eigenvalue weighted by atomic mass is 16.6. The first-order chi connectivity index (χ1) is 19.0. The molecule has 2 rings (SSSR count). The minimum atomic E-state index is -1.35. The summed E-state index contributed by atoms with van der Waals surface area (Å²) in [6.45, 7) is 10.8. The molecule has 0 fully saturated rings. The number of para-hydroxylation sites is 1. The highest BCUT2D eigenvalue weighted by molar-refractivity contribution is 5.99. The van der Waals surface area contributed by atoms with Gasteiger partial charge in [-0.25, -0.2) is 0 Å². The zero-order chi connectivity index (χ0) is 30.1. The van der Waals surface area contributed by atoms with Crippen LogP contribution in [0.4, 0.5) is 0 Å². The zero-order valence-corrected chi connectivity index (χ0v) is 24.3. The van der Waals surface area contributed by atoms with Crippen LogP contribution < -0.4 is 4.74 Å². The van der Waals surface area contributed by atoms with Crippen molar-refractivity contribution in [1.29, 1.82) is 0 Å². The maximum atomic E-state index is 12.4. The minimum Gasteiger partial charge on any atom is -0.489 e. The molecule has 2 aromatic rings. The van der Waals surface area contributed by atoms with E-state index in [1.54, 1.807) is 27.7 Å². The van der Waals surface area contributed by atoms with E-state index in [2.05, 4.69) is 0 Å². The normalized spacial score (nSPS) is 12.2. The highest BCUT2D eigenvalue weighted by Gasteiger charge is 2.44. The zero-order valence-electron chi connectivity index (χ0n) is 24.3. The number of aryl methyl sites for hydroxylation is 1. The first kappa shape index (κ1) is 34.1. The number of aliphatic carboxylic acids is 1. The van der Waals surface area contributed by atoms with Gasteiger partial charge in [0.2, 0.25) is 0 Å². The topological polar surface area (TPSA) is 125 Å². The summed E-state index contributed by atoms with van der Waals surface area (Å²) >= 11 is 0. The maximum absolute atomic E-state index is 12.4. The van der Waals surface area contributed by atoms with E-state index in [-0.39, 0.29) is 25.7 Å². The molecule has 0 bridgehead atoms. The van der Waals surface area contributed by atoms with Gasteiger partial charge in [0, 0.05) is 0 Å². The molecule has 0 spiro atoms. The second-order valence-electron chi connectivity index (χ2n) is 9.37. The van der Waals surface area contributed by atoms with Crippen LogP contribution in [0.5, 0.6) is 5.75 Å². The van der Waals surface area contributed by atoms with Crippen LogP contribution in [0.15, 0.2) is 54.6 Å². The van der Waals surface area contributed by atoms with E-state index >= 15 is 0 Å². The largest absolute Gasteiger partial charge is 0.489 e. The lowest BCUT2D eigenvalue weighted by atomic mass is 9.84. The van der Waals surface area contributed by atoms with Gasteiger partial charge in [0.1, 0.15) is 12.4 Å². The number of benzene rings is 2. The van der Waals surface area contributed by atoms with Crippen molar-refractivity contribution < 1.29 is 43.2 Å². The van der Waals surface area contributed by atoms with Crippen LogP contribution in [0.25, 0.3) is 0 Å². The fraction of sp³-hybridized carbons (Fsp3) is 0.484. The number of esters is 3. The first-order valence-corrected chi connectivity index (χ1v) is 13.5. The molecule has 0 aliphatic carbocycles. The summed E-state index contributed by atoms with van der Waals surface area (Å²) in [5.74, 6) is -3.27. The van der Waals surface area contributed by atoms with Gasteiger partial charge in [-0.15, -0.1) is 0 Å². The molecule has 2 aromatic carbocycles. The van der Waals surface area contributed by atoms with Crippen molar-refractivity contribution in [2.45, 2.75) is 73.5 Å². The van der Waals surface area contributed by atoms with Crippen molar-refractivity contribution in [1.82, 2.24) is 0 Å². The number of carbonyl (C=O) groups excluding carboxylic acids is 3. The average molecular weight is 559 g/mol. The Kier molecular flexibility index (Phi) is 15.1. The molecule has 9 heteroatoms. The van der Waals surface area contributed by atoms with Gasteiger partial charge in [-0.05, 0) is 71.1 Å². The fourth-order valence-electron chi connectivity index (χ4n) is 3.32. The number of hydrogen-bond donors (Lipinski definition) is 1. The van der Waals surface area contributed by atoms with Crippen LogP contribution in [-0.2, 0) is 46.4 Å². The van der Waals surface area contributed by atoms with E-state index in [0.29, 0.717) is 19.4 Å². The van der Waals surface area contributed by atoms with Crippen molar-refractivity contribution >= 4 is 23.9 Å². The van der Waals surface area contributed by atoms with E-state index in [1.807, 2.05) is 61.5 Å². The number of ether oxygens (including phenoxy) is 4. The fourth-order valence-corrected chi connectivity index (χ4v) is 3.32. The summed E-state index contributed by atoms with van der Waals surface area (Å²) < 4.78 is 21.0. The van der Waals surface area contributed by atoms with Crippen molar-refractivity contribution in [3.05, 3.63) is 65.7 Å². The molecule has 0 saturated carbocycles. The van der Waals surface area contributed by atoms with Gasteiger partial charge in [0.05, 0.1) is 19.3 Å². The molecule has 0 aliphatic rings. The number of carboxylic acid groups (broad SMARTS) is 1. The maximum Gasteiger partial charge on any atom is 0.323 e. The molecule has 40 heavy (non-hydrogen) atoms. The lowest BCUT2D eigenvalue weighted by Gasteiger charge is -2.25. The van der Waals surface area contributed by atoms with E-state index in [9.17, 15) is 19.2 Å². The Morgan fingerprint density at radius 2 is 1.40 bits per heavy atom. The van der Waals surface area contributed by atoms with Gasteiger partial charge in [-0.2, -0.15) is 0 Å². The van der Waals surface area contributed by atoms with E-state index < -0.39 is 35.2 Å². The predicted octanol–water partition coefficient (Wildman–Crippen LogP) is 5.38. The Bertz CT molecular complexity index is 1060. The molecule has 0 aromatic heterocycles. The summed E-state index contributed by atoms with van der Waals surface area (Å²) in [5, 5.41) is 8.44. The summed E-state index contributed by atoms with van der Waals surface area (Å²) in [5.41, 5.74) is 0.650. The van der Waals surface area contributed by atoms with Crippen molar-refractivity contribution in [3.63, 3.8) is 0 Å². The smallest absolute Gasteiger partial charge is 0.323 e. The van der Waals surface area contributed by atoms with Gasteiger partial charge in [-0.3, -0.25) is 19.2 Å². The summed E-state index contributed by atoms with van der Waals surface area (Å²) in [4.78, 5) is 46.1. The third kappa shape index (κ3) is 11.1. The lowest BCUT2D eigenvalue weighted by molar-refractivity contribution is -0.171. The average Bonchev–Trinajstić information content (AvgIpc) is 2.95. The number of carbonyl (C=O) groups is 4. The van der Waals surface area contributed by atoms with Crippen molar-refractivity contribution in [2.24, 2.45) is 11.3 Å². The Balaban J connectivity index is 0.000000562. The Labute approximate surface area is 236 Å². The van der Waals surface area contributed by atoms with Crippen molar-refractivity contribution in [2.75, 3.05) is 13.2 Å². The molecule has 9 nitrogen and oxygen atoms in total.